The normalized spacial score (nSPS) is 14.5. The van der Waals surface area contributed by atoms with Crippen LogP contribution in [0, 0.1) is 0 Å². The molecule has 1 aliphatic rings. The van der Waals surface area contributed by atoms with Gasteiger partial charge in [-0.25, -0.2) is 8.42 Å². The maximum absolute atomic E-state index is 14.0. The summed E-state index contributed by atoms with van der Waals surface area (Å²) in [7, 11) is -3.64. The van der Waals surface area contributed by atoms with E-state index in [4.69, 9.17) is 34.8 Å². The standard InChI is InChI=1S/C33H38Cl3N3O4S/c1-44(42,43)39(28-15-8-12-26(34)22-28)19-9-16-32(40)38(23-25-17-18-29(35)30(36)20-25)31(21-24-10-4-2-5-11-24)33(41)37-27-13-6-3-7-14-27/h2,4-5,8,10-12,15,17-18,20,22,27,31H,3,6-7,9,13-14,16,19,21,23H2,1H3,(H,37,41)/t31-/m0/s1. The SMILES string of the molecule is CS(=O)(=O)N(CCCC(=O)N(Cc1ccc(Cl)c(Cl)c1)[C@@H](Cc1ccccc1)C(=O)NC1CCCCC1)c1cccc(Cl)c1. The highest BCUT2D eigenvalue weighted by molar-refractivity contribution is 7.92. The molecule has 0 aromatic heterocycles. The summed E-state index contributed by atoms with van der Waals surface area (Å²) in [6.07, 6.45) is 6.80. The molecule has 0 radical (unpaired) electrons. The largest absolute Gasteiger partial charge is 0.352 e. The van der Waals surface area contributed by atoms with E-state index in [9.17, 15) is 18.0 Å². The van der Waals surface area contributed by atoms with Crippen LogP contribution in [-0.2, 0) is 32.6 Å². The molecule has 1 atom stereocenters. The van der Waals surface area contributed by atoms with E-state index in [2.05, 4.69) is 5.32 Å². The number of halogens is 3. The first-order valence-electron chi connectivity index (χ1n) is 14.8. The summed E-state index contributed by atoms with van der Waals surface area (Å²) >= 11 is 18.6. The van der Waals surface area contributed by atoms with Gasteiger partial charge in [-0.3, -0.25) is 13.9 Å². The molecule has 1 aliphatic carbocycles. The van der Waals surface area contributed by atoms with Gasteiger partial charge in [-0.2, -0.15) is 0 Å². The molecule has 0 unspecified atom stereocenters. The van der Waals surface area contributed by atoms with Crippen molar-refractivity contribution < 1.29 is 18.0 Å². The van der Waals surface area contributed by atoms with E-state index in [0.29, 0.717) is 27.2 Å². The molecule has 1 saturated carbocycles. The highest BCUT2D eigenvalue weighted by Gasteiger charge is 2.32. The molecule has 0 saturated heterocycles. The Bertz CT molecular complexity index is 1530. The van der Waals surface area contributed by atoms with Crippen molar-refractivity contribution in [2.45, 2.75) is 70.0 Å². The van der Waals surface area contributed by atoms with Crippen LogP contribution in [0.25, 0.3) is 0 Å². The molecule has 0 bridgehead atoms. The van der Waals surface area contributed by atoms with Crippen LogP contribution >= 0.6 is 34.8 Å². The highest BCUT2D eigenvalue weighted by atomic mass is 35.5. The first-order valence-corrected chi connectivity index (χ1v) is 17.8. The fourth-order valence-corrected chi connectivity index (χ4v) is 7.03. The third-order valence-electron chi connectivity index (χ3n) is 7.81. The molecule has 236 valence electrons. The van der Waals surface area contributed by atoms with Crippen LogP contribution < -0.4 is 9.62 Å². The summed E-state index contributed by atoms with van der Waals surface area (Å²) in [6.45, 7) is 0.207. The number of rotatable bonds is 13. The van der Waals surface area contributed by atoms with E-state index in [0.717, 1.165) is 49.5 Å². The van der Waals surface area contributed by atoms with E-state index in [-0.39, 0.29) is 43.8 Å². The van der Waals surface area contributed by atoms with Crippen molar-refractivity contribution in [3.05, 3.63) is 99.0 Å². The van der Waals surface area contributed by atoms with Crippen molar-refractivity contribution in [1.82, 2.24) is 10.2 Å². The minimum Gasteiger partial charge on any atom is -0.352 e. The van der Waals surface area contributed by atoms with Crippen LogP contribution in [0.5, 0.6) is 0 Å². The predicted molar refractivity (Wildman–Crippen MR) is 179 cm³/mol. The van der Waals surface area contributed by atoms with Crippen LogP contribution in [0.2, 0.25) is 15.1 Å². The fraction of sp³-hybridized carbons (Fsp3) is 0.394. The van der Waals surface area contributed by atoms with E-state index in [1.165, 1.54) is 4.31 Å². The Morgan fingerprint density at radius 3 is 2.27 bits per heavy atom. The molecule has 3 aromatic carbocycles. The average Bonchev–Trinajstić information content (AvgIpc) is 2.99. The smallest absolute Gasteiger partial charge is 0.243 e. The molecule has 0 spiro atoms. The molecule has 7 nitrogen and oxygen atoms in total. The number of anilines is 1. The molecule has 2 amide bonds. The molecule has 0 heterocycles. The zero-order chi connectivity index (χ0) is 31.7. The Balaban J connectivity index is 1.61. The zero-order valence-corrected chi connectivity index (χ0v) is 27.8. The molecular formula is C33H38Cl3N3O4S. The van der Waals surface area contributed by atoms with Gasteiger partial charge < -0.3 is 10.2 Å². The number of sulfonamides is 1. The van der Waals surface area contributed by atoms with Crippen LogP contribution in [0.15, 0.2) is 72.8 Å². The second-order valence-electron chi connectivity index (χ2n) is 11.2. The summed E-state index contributed by atoms with van der Waals surface area (Å²) in [5, 5.41) is 4.38. The van der Waals surface area contributed by atoms with Crippen LogP contribution in [0.4, 0.5) is 5.69 Å². The topological polar surface area (TPSA) is 86.8 Å². The van der Waals surface area contributed by atoms with Gasteiger partial charge in [0, 0.05) is 37.0 Å². The molecule has 0 aliphatic heterocycles. The average molecular weight is 679 g/mol. The van der Waals surface area contributed by atoms with Crippen molar-refractivity contribution in [3.8, 4) is 0 Å². The number of nitrogens with zero attached hydrogens (tertiary/aromatic N) is 2. The quantitative estimate of drug-likeness (QED) is 0.206. The van der Waals surface area contributed by atoms with Gasteiger partial charge >= 0.3 is 0 Å². The summed E-state index contributed by atoms with van der Waals surface area (Å²) < 4.78 is 26.6. The Morgan fingerprint density at radius 2 is 1.61 bits per heavy atom. The summed E-state index contributed by atoms with van der Waals surface area (Å²) in [5.41, 5.74) is 2.08. The Labute approximate surface area is 275 Å². The van der Waals surface area contributed by atoms with Gasteiger partial charge in [0.25, 0.3) is 0 Å². The third kappa shape index (κ3) is 9.86. The zero-order valence-electron chi connectivity index (χ0n) is 24.7. The van der Waals surface area contributed by atoms with Gasteiger partial charge in [-0.05, 0) is 60.7 Å². The van der Waals surface area contributed by atoms with Gasteiger partial charge in [0.15, 0.2) is 0 Å². The monoisotopic (exact) mass is 677 g/mol. The van der Waals surface area contributed by atoms with E-state index in [1.807, 2.05) is 30.3 Å². The molecule has 3 aromatic rings. The lowest BCUT2D eigenvalue weighted by molar-refractivity contribution is -0.141. The van der Waals surface area contributed by atoms with Crippen molar-refractivity contribution in [2.75, 3.05) is 17.1 Å². The number of carbonyl (C=O) groups excluding carboxylic acids is 2. The van der Waals surface area contributed by atoms with Crippen molar-refractivity contribution in [2.24, 2.45) is 0 Å². The summed E-state index contributed by atoms with van der Waals surface area (Å²) in [6, 6.07) is 20.6. The first-order chi connectivity index (χ1) is 21.0. The highest BCUT2D eigenvalue weighted by Crippen LogP contribution is 2.26. The summed E-state index contributed by atoms with van der Waals surface area (Å²) in [4.78, 5) is 29.6. The second kappa shape index (κ2) is 16.0. The number of nitrogens with one attached hydrogen (secondary N) is 1. The minimum absolute atomic E-state index is 0.0237. The molecule has 1 N–H and O–H groups in total. The predicted octanol–water partition coefficient (Wildman–Crippen LogP) is 7.28. The van der Waals surface area contributed by atoms with E-state index in [1.54, 1.807) is 47.4 Å². The lowest BCUT2D eigenvalue weighted by atomic mass is 9.94. The number of carbonyl (C=O) groups is 2. The van der Waals surface area contributed by atoms with Gasteiger partial charge in [0.1, 0.15) is 6.04 Å². The minimum atomic E-state index is -3.64. The molecule has 11 heteroatoms. The van der Waals surface area contributed by atoms with Crippen molar-refractivity contribution in [1.29, 1.82) is 0 Å². The molecular weight excluding hydrogens is 641 g/mol. The Morgan fingerprint density at radius 1 is 0.886 bits per heavy atom. The number of benzene rings is 3. The number of amides is 2. The number of hydrogen-bond donors (Lipinski definition) is 1. The fourth-order valence-electron chi connectivity index (χ4n) is 5.57. The maximum Gasteiger partial charge on any atom is 0.243 e. The van der Waals surface area contributed by atoms with Crippen molar-refractivity contribution >= 4 is 62.3 Å². The molecule has 44 heavy (non-hydrogen) atoms. The Kier molecular flexibility index (Phi) is 12.4. The van der Waals surface area contributed by atoms with Crippen LogP contribution in [-0.4, -0.2) is 50.0 Å². The van der Waals surface area contributed by atoms with E-state index >= 15 is 0 Å². The van der Waals surface area contributed by atoms with Gasteiger partial charge in [0.2, 0.25) is 21.8 Å². The lowest BCUT2D eigenvalue weighted by Crippen LogP contribution is -2.52. The molecule has 4 rings (SSSR count). The van der Waals surface area contributed by atoms with Crippen molar-refractivity contribution in [3.63, 3.8) is 0 Å². The van der Waals surface area contributed by atoms with Crippen LogP contribution in [0.1, 0.15) is 56.1 Å². The van der Waals surface area contributed by atoms with Gasteiger partial charge in [0.05, 0.1) is 22.0 Å². The summed E-state index contributed by atoms with van der Waals surface area (Å²) in [5.74, 6) is -0.471. The first kappa shape index (κ1) is 34.1. The molecule has 1 fully saturated rings. The Hall–Kier alpha value is -2.78. The van der Waals surface area contributed by atoms with Gasteiger partial charge in [-0.15, -0.1) is 0 Å². The van der Waals surface area contributed by atoms with Gasteiger partial charge in [-0.1, -0.05) is 96.5 Å². The maximum atomic E-state index is 14.0. The third-order valence-corrected chi connectivity index (χ3v) is 9.98. The van der Waals surface area contributed by atoms with Crippen LogP contribution in [0.3, 0.4) is 0 Å². The lowest BCUT2D eigenvalue weighted by Gasteiger charge is -2.34. The number of hydrogen-bond acceptors (Lipinski definition) is 4. The van der Waals surface area contributed by atoms with E-state index < -0.39 is 16.1 Å². The second-order valence-corrected chi connectivity index (χ2v) is 14.4.